The summed E-state index contributed by atoms with van der Waals surface area (Å²) in [7, 11) is 0. The summed E-state index contributed by atoms with van der Waals surface area (Å²) in [6.45, 7) is 1.67. The Balaban J connectivity index is 2.17. The number of benzene rings is 1. The average molecular weight is 342 g/mol. The molecule has 1 aromatic heterocycles. The molecule has 1 aliphatic heterocycles. The lowest BCUT2D eigenvalue weighted by Gasteiger charge is -2.31. The molecule has 3 N–H and O–H groups in total. The molecule has 1 amide bonds. The van der Waals surface area contributed by atoms with Crippen molar-refractivity contribution in [2.75, 3.05) is 0 Å². The van der Waals surface area contributed by atoms with Crippen LogP contribution in [0, 0.1) is 11.3 Å². The topological polar surface area (TPSA) is 138 Å². The van der Waals surface area contributed by atoms with Crippen molar-refractivity contribution >= 4 is 17.6 Å². The molecule has 9 nitrogen and oxygen atoms in total. The minimum Gasteiger partial charge on any atom is -0.465 e. The van der Waals surface area contributed by atoms with Crippen LogP contribution in [0.4, 0.5) is 14.9 Å². The van der Waals surface area contributed by atoms with E-state index in [2.05, 4.69) is 30.3 Å². The highest BCUT2D eigenvalue weighted by Gasteiger charge is 2.36. The van der Waals surface area contributed by atoms with Crippen LogP contribution >= 0.6 is 0 Å². The van der Waals surface area contributed by atoms with Crippen LogP contribution in [-0.2, 0) is 12.0 Å². The predicted octanol–water partition coefficient (Wildman–Crippen LogP) is 2.28. The van der Waals surface area contributed by atoms with Crippen molar-refractivity contribution < 1.29 is 14.3 Å². The number of nitrogens with zero attached hydrogens (tertiary/aromatic N) is 5. The highest BCUT2D eigenvalue weighted by Crippen LogP contribution is 2.37. The monoisotopic (exact) mass is 342 g/mol. The van der Waals surface area contributed by atoms with Gasteiger partial charge in [0.25, 0.3) is 0 Å². The number of fused-ring (bicyclic) bond motifs is 1. The second-order valence-corrected chi connectivity index (χ2v) is 5.59. The Morgan fingerprint density at radius 1 is 1.52 bits per heavy atom. The number of rotatable bonds is 2. The molecule has 10 heteroatoms. The molecule has 0 fully saturated rings. The van der Waals surface area contributed by atoms with Gasteiger partial charge in [0.2, 0.25) is 4.91 Å². The Morgan fingerprint density at radius 2 is 2.32 bits per heavy atom. The van der Waals surface area contributed by atoms with Gasteiger partial charge in [0.15, 0.2) is 10.8 Å². The first-order chi connectivity index (χ1) is 11.9. The summed E-state index contributed by atoms with van der Waals surface area (Å²) < 4.78 is 14.4. The summed E-state index contributed by atoms with van der Waals surface area (Å²) >= 11 is 0. The second-order valence-electron chi connectivity index (χ2n) is 5.59. The van der Waals surface area contributed by atoms with E-state index in [1.54, 1.807) is 6.92 Å². The molecule has 2 aromatic rings. The van der Waals surface area contributed by atoms with Gasteiger partial charge in [-0.2, -0.15) is 0 Å². The number of carboxylic acid groups (broad SMARTS) is 1. The fraction of sp³-hybridized carbons (Fsp3) is 0.200. The number of aromatic nitrogens is 2. The third-order valence-electron chi connectivity index (χ3n) is 3.84. The van der Waals surface area contributed by atoms with Crippen molar-refractivity contribution in [1.29, 1.82) is 5.53 Å². The van der Waals surface area contributed by atoms with Gasteiger partial charge in [-0.25, -0.2) is 19.2 Å². The Morgan fingerprint density at radius 3 is 3.04 bits per heavy atom. The van der Waals surface area contributed by atoms with Crippen molar-refractivity contribution in [3.8, 4) is 0 Å². The van der Waals surface area contributed by atoms with E-state index in [1.807, 2.05) is 0 Å². The molecule has 1 aromatic carbocycles. The first-order valence-electron chi connectivity index (χ1n) is 7.19. The number of hydrogen-bond acceptors (Lipinski definition) is 6. The van der Waals surface area contributed by atoms with Crippen LogP contribution in [0.3, 0.4) is 0 Å². The summed E-state index contributed by atoms with van der Waals surface area (Å²) in [6.07, 6.45) is 1.74. The minimum atomic E-state index is -1.30. The number of carbonyl (C=O) groups is 1. The lowest BCUT2D eigenvalue weighted by Crippen LogP contribution is -2.39. The van der Waals surface area contributed by atoms with Crippen molar-refractivity contribution in [2.24, 2.45) is 10.1 Å². The molecule has 1 atom stereocenters. The van der Waals surface area contributed by atoms with Crippen LogP contribution in [-0.4, -0.2) is 27.0 Å². The summed E-state index contributed by atoms with van der Waals surface area (Å²) in [5.74, 6) is -0.480. The van der Waals surface area contributed by atoms with Crippen molar-refractivity contribution in [1.82, 2.24) is 20.2 Å². The van der Waals surface area contributed by atoms with Gasteiger partial charge in [-0.15, -0.1) is 0 Å². The molecule has 1 unspecified atom stereocenters. The van der Waals surface area contributed by atoms with Gasteiger partial charge in [0, 0.05) is 18.2 Å². The van der Waals surface area contributed by atoms with E-state index in [-0.39, 0.29) is 17.8 Å². The Bertz CT molecular complexity index is 939. The predicted molar refractivity (Wildman–Crippen MR) is 84.1 cm³/mol. The maximum absolute atomic E-state index is 14.4. The molecule has 0 aliphatic carbocycles. The lowest BCUT2D eigenvalue weighted by molar-refractivity contribution is 0.200. The highest BCUT2D eigenvalue weighted by atomic mass is 19.1. The normalized spacial score (nSPS) is 18.6. The maximum Gasteiger partial charge on any atom is 0.410 e. The molecule has 0 spiro atoms. The lowest BCUT2D eigenvalue weighted by atomic mass is 9.84. The summed E-state index contributed by atoms with van der Waals surface area (Å²) in [5, 5.41) is 14.8. The Labute approximate surface area is 140 Å². The first kappa shape index (κ1) is 16.3. The Hall–Kier alpha value is -3.52. The molecule has 25 heavy (non-hydrogen) atoms. The molecule has 126 valence electrons. The largest absolute Gasteiger partial charge is 0.465 e. The second kappa shape index (κ2) is 6.17. The zero-order valence-electron chi connectivity index (χ0n) is 13.1. The fourth-order valence-corrected chi connectivity index (χ4v) is 2.76. The fourth-order valence-electron chi connectivity index (χ4n) is 2.76. The number of nitrogens with one attached hydrogen (secondary N) is 2. The molecular formula is C15H13FN7O2+. The van der Waals surface area contributed by atoms with E-state index in [0.717, 1.165) is 0 Å². The molecule has 0 saturated carbocycles. The van der Waals surface area contributed by atoms with Gasteiger partial charge in [0.05, 0.1) is 16.8 Å². The van der Waals surface area contributed by atoms with E-state index in [1.165, 1.54) is 30.7 Å². The summed E-state index contributed by atoms with van der Waals surface area (Å²) in [6, 6.07) is 4.03. The number of aliphatic imine (C=N–C) groups is 1. The van der Waals surface area contributed by atoms with Crippen molar-refractivity contribution in [3.63, 3.8) is 0 Å². The number of amides is 1. The molecule has 2 heterocycles. The summed E-state index contributed by atoms with van der Waals surface area (Å²) in [4.78, 5) is 26.5. The molecule has 0 saturated heterocycles. The van der Waals surface area contributed by atoms with E-state index >= 15 is 0 Å². The van der Waals surface area contributed by atoms with Crippen LogP contribution in [0.2, 0.25) is 0 Å². The first-order valence-corrected chi connectivity index (χ1v) is 7.19. The van der Waals surface area contributed by atoms with Gasteiger partial charge in [-0.05, 0) is 25.1 Å². The van der Waals surface area contributed by atoms with Crippen LogP contribution < -0.4 is 10.2 Å². The average Bonchev–Trinajstić information content (AvgIpc) is 2.56. The van der Waals surface area contributed by atoms with Crippen LogP contribution in [0.5, 0.6) is 0 Å². The summed E-state index contributed by atoms with van der Waals surface area (Å²) in [5.41, 5.74) is 7.18. The number of halogens is 1. The molecule has 0 radical (unpaired) electrons. The van der Waals surface area contributed by atoms with Gasteiger partial charge in [-0.1, -0.05) is 0 Å². The third kappa shape index (κ3) is 3.10. The molecule has 1 aliphatic rings. The minimum absolute atomic E-state index is 0.0452. The van der Waals surface area contributed by atoms with Gasteiger partial charge in [-0.3, -0.25) is 10.3 Å². The van der Waals surface area contributed by atoms with Gasteiger partial charge < -0.3 is 5.11 Å². The maximum atomic E-state index is 14.4. The number of amidine groups is 1. The third-order valence-corrected chi connectivity index (χ3v) is 3.84. The standard InChI is InChI=1S/C15H12FN7O2/c1-15(10-4-8(22-23-17)2-3-11(10)16)5-12-9(6-18-7-19-12)13(21-15)20-14(24)25/h2-4,6-7,17H,5H2,1H3,(H-,20,21,24,25)/p+1. The van der Waals surface area contributed by atoms with E-state index < -0.39 is 17.4 Å². The molecule has 0 bridgehead atoms. The van der Waals surface area contributed by atoms with Crippen LogP contribution in [0.15, 0.2) is 40.8 Å². The zero-order valence-corrected chi connectivity index (χ0v) is 13.1. The van der Waals surface area contributed by atoms with Crippen molar-refractivity contribution in [2.45, 2.75) is 18.9 Å². The Kier molecular flexibility index (Phi) is 4.04. The SMILES string of the molecule is CC1(c2cc(N=[N+]=N)ccc2F)Cc2ncncc2C(NC(=O)O)=N1. The molecular weight excluding hydrogens is 329 g/mol. The van der Waals surface area contributed by atoms with E-state index in [4.69, 9.17) is 10.6 Å². The van der Waals surface area contributed by atoms with Gasteiger partial charge in [0.1, 0.15) is 23.5 Å². The van der Waals surface area contributed by atoms with E-state index in [9.17, 15) is 9.18 Å². The quantitative estimate of drug-likeness (QED) is 0.569. The highest BCUT2D eigenvalue weighted by molar-refractivity contribution is 6.07. The van der Waals surface area contributed by atoms with Crippen LogP contribution in [0.1, 0.15) is 23.7 Å². The van der Waals surface area contributed by atoms with Crippen molar-refractivity contribution in [3.05, 3.63) is 53.4 Å². The zero-order chi connectivity index (χ0) is 18.0. The molecule has 3 rings (SSSR count). The number of hydrogen-bond donors (Lipinski definition) is 3. The van der Waals surface area contributed by atoms with E-state index in [0.29, 0.717) is 16.9 Å². The van der Waals surface area contributed by atoms with Gasteiger partial charge >= 0.3 is 6.09 Å². The van der Waals surface area contributed by atoms with Crippen LogP contribution in [0.25, 0.3) is 0 Å². The smallest absolute Gasteiger partial charge is 0.410 e.